The van der Waals surface area contributed by atoms with Crippen molar-refractivity contribution in [1.82, 2.24) is 30.0 Å². The van der Waals surface area contributed by atoms with Gasteiger partial charge in [-0.05, 0) is 68.4 Å². The van der Waals surface area contributed by atoms with Crippen LogP contribution >= 0.6 is 0 Å². The lowest BCUT2D eigenvalue weighted by Crippen LogP contribution is -2.54. The first-order valence-electron chi connectivity index (χ1n) is 15.0. The molecular weight excluding hydrogens is 584 g/mol. The lowest BCUT2D eigenvalue weighted by Gasteiger charge is -2.35. The molecule has 1 saturated heterocycles. The minimum absolute atomic E-state index is 0.0372. The highest BCUT2D eigenvalue weighted by Gasteiger charge is 2.44. The highest BCUT2D eigenvalue weighted by Crippen LogP contribution is 2.42. The summed E-state index contributed by atoms with van der Waals surface area (Å²) in [5, 5.41) is 9.73. The molecule has 13 heteroatoms. The van der Waals surface area contributed by atoms with E-state index in [1.54, 1.807) is 35.1 Å². The lowest BCUT2D eigenvalue weighted by atomic mass is 9.77. The number of hydrogen-bond acceptors (Lipinski definition) is 8. The number of piperidine rings is 1. The largest absolute Gasteiger partial charge is 0.385 e. The van der Waals surface area contributed by atoms with Gasteiger partial charge in [-0.1, -0.05) is 12.1 Å². The lowest BCUT2D eigenvalue weighted by molar-refractivity contribution is -0.136. The number of alkyl halides is 2. The number of amides is 4. The van der Waals surface area contributed by atoms with Gasteiger partial charge in [-0.3, -0.25) is 39.1 Å². The maximum absolute atomic E-state index is 13.9. The molecule has 2 fully saturated rings. The Balaban J connectivity index is 0.923. The van der Waals surface area contributed by atoms with Crippen LogP contribution in [-0.4, -0.2) is 60.9 Å². The zero-order valence-electron chi connectivity index (χ0n) is 24.1. The molecule has 45 heavy (non-hydrogen) atoms. The normalized spacial score (nSPS) is 21.3. The molecule has 1 saturated carbocycles. The number of hydrogen-bond donors (Lipinski definition) is 2. The Kier molecular flexibility index (Phi) is 7.30. The first-order chi connectivity index (χ1) is 21.8. The molecule has 2 aliphatic heterocycles. The van der Waals surface area contributed by atoms with Crippen molar-refractivity contribution in [1.29, 1.82) is 0 Å². The summed E-state index contributed by atoms with van der Waals surface area (Å²) < 4.78 is 29.4. The van der Waals surface area contributed by atoms with E-state index in [1.165, 1.54) is 6.20 Å². The van der Waals surface area contributed by atoms with Gasteiger partial charge in [-0.2, -0.15) is 5.10 Å². The van der Waals surface area contributed by atoms with Gasteiger partial charge >= 0.3 is 0 Å². The summed E-state index contributed by atoms with van der Waals surface area (Å²) in [6.07, 6.45) is 4.06. The van der Waals surface area contributed by atoms with Gasteiger partial charge in [0.2, 0.25) is 11.8 Å². The van der Waals surface area contributed by atoms with Crippen LogP contribution in [0.15, 0.2) is 54.9 Å². The molecule has 1 atom stereocenters. The molecule has 0 radical (unpaired) electrons. The van der Waals surface area contributed by atoms with Gasteiger partial charge in [0, 0.05) is 30.4 Å². The average Bonchev–Trinajstić information content (AvgIpc) is 3.55. The number of carbonyl (C=O) groups is 4. The number of para-hydroxylation sites is 2. The van der Waals surface area contributed by atoms with E-state index < -0.39 is 36.1 Å². The van der Waals surface area contributed by atoms with E-state index in [4.69, 9.17) is 0 Å². The Labute approximate surface area is 256 Å². The van der Waals surface area contributed by atoms with E-state index >= 15 is 0 Å². The van der Waals surface area contributed by atoms with E-state index in [1.807, 2.05) is 18.2 Å². The molecule has 11 nitrogen and oxygen atoms in total. The number of benzene rings is 2. The molecule has 2 N–H and O–H groups in total. The fraction of sp³-hybridized carbons (Fsp3) is 0.344. The van der Waals surface area contributed by atoms with Gasteiger partial charge in [-0.15, -0.1) is 0 Å². The fourth-order valence-corrected chi connectivity index (χ4v) is 6.39. The van der Waals surface area contributed by atoms with E-state index in [0.717, 1.165) is 30.6 Å². The summed E-state index contributed by atoms with van der Waals surface area (Å²) in [5.41, 5.74) is 2.86. The van der Waals surface area contributed by atoms with Gasteiger partial charge in [-0.25, -0.2) is 13.8 Å². The van der Waals surface area contributed by atoms with Crippen LogP contribution in [0.4, 0.5) is 14.5 Å². The number of nitrogens with zero attached hydrogens (tertiary/aromatic N) is 5. The van der Waals surface area contributed by atoms with Crippen molar-refractivity contribution in [3.8, 4) is 11.3 Å². The Morgan fingerprint density at radius 2 is 1.76 bits per heavy atom. The second-order valence-corrected chi connectivity index (χ2v) is 11.7. The number of anilines is 1. The van der Waals surface area contributed by atoms with Crippen molar-refractivity contribution in [2.45, 2.75) is 57.0 Å². The maximum Gasteiger partial charge on any atom is 0.282 e. The molecule has 4 aromatic rings. The monoisotopic (exact) mass is 613 g/mol. The summed E-state index contributed by atoms with van der Waals surface area (Å²) in [6.45, 7) is 0.640. The summed E-state index contributed by atoms with van der Waals surface area (Å²) in [5.74, 6) is -1.70. The van der Waals surface area contributed by atoms with E-state index in [-0.39, 0.29) is 35.7 Å². The summed E-state index contributed by atoms with van der Waals surface area (Å²) in [6, 6.07) is 11.3. The van der Waals surface area contributed by atoms with Crippen LogP contribution in [-0.2, 0) is 9.59 Å². The number of imide groups is 2. The van der Waals surface area contributed by atoms with Gasteiger partial charge in [0.15, 0.2) is 0 Å². The minimum atomic E-state index is -2.73. The molecule has 1 unspecified atom stereocenters. The first-order valence-corrected chi connectivity index (χ1v) is 15.0. The molecular formula is C32H29F2N7O4. The Bertz CT molecular complexity index is 1850. The number of rotatable bonds is 9. The zero-order valence-corrected chi connectivity index (χ0v) is 24.1. The summed E-state index contributed by atoms with van der Waals surface area (Å²) in [7, 11) is 0. The van der Waals surface area contributed by atoms with Crippen LogP contribution in [0.5, 0.6) is 0 Å². The molecule has 0 bridgehead atoms. The molecule has 3 aliphatic rings. The van der Waals surface area contributed by atoms with Crippen molar-refractivity contribution < 1.29 is 28.0 Å². The first kappa shape index (κ1) is 28.7. The molecule has 4 heterocycles. The molecule has 2 aromatic heterocycles. The van der Waals surface area contributed by atoms with Crippen molar-refractivity contribution in [2.24, 2.45) is 5.92 Å². The number of nitrogens with one attached hydrogen (secondary N) is 2. The predicted octanol–water partition coefficient (Wildman–Crippen LogP) is 4.68. The molecule has 2 aromatic carbocycles. The molecule has 4 amide bonds. The maximum atomic E-state index is 13.9. The smallest absolute Gasteiger partial charge is 0.282 e. The minimum Gasteiger partial charge on any atom is -0.385 e. The van der Waals surface area contributed by atoms with Crippen LogP contribution in [0.3, 0.4) is 0 Å². The number of carbonyl (C=O) groups excluding carboxylic acids is 4. The Hall–Kier alpha value is -5.07. The highest BCUT2D eigenvalue weighted by atomic mass is 19.3. The van der Waals surface area contributed by atoms with Gasteiger partial charge in [0.05, 0.1) is 40.1 Å². The third kappa shape index (κ3) is 5.32. The number of fused-ring (bicyclic) bond motifs is 2. The molecule has 1 aliphatic carbocycles. The Morgan fingerprint density at radius 1 is 0.978 bits per heavy atom. The van der Waals surface area contributed by atoms with E-state index in [0.29, 0.717) is 40.4 Å². The van der Waals surface area contributed by atoms with Gasteiger partial charge in [0.1, 0.15) is 11.7 Å². The van der Waals surface area contributed by atoms with Crippen molar-refractivity contribution in [3.63, 3.8) is 0 Å². The average molecular weight is 614 g/mol. The number of aromatic nitrogens is 4. The zero-order chi connectivity index (χ0) is 31.2. The SMILES string of the molecule is O=C1CCC(N2C(=O)c3ccc(NCCCC4CC(n5cc(-c6cnc7ccccc7n6)c(C(F)F)n5)C4)cc3C2=O)C(=O)N1. The third-order valence-electron chi connectivity index (χ3n) is 8.83. The fourth-order valence-electron chi connectivity index (χ4n) is 6.39. The Morgan fingerprint density at radius 3 is 2.53 bits per heavy atom. The standard InChI is InChI=1S/C32H29F2N7O4/c33-29(34)28-22(25-15-36-23-5-1-2-6-24(23)37-25)16-40(39-28)19-12-17(13-19)4-3-11-35-18-7-8-20-21(14-18)32(45)41(31(20)44)26-9-10-27(42)38-30(26)43/h1-2,5-8,14-17,19,26,29,35H,3-4,9-13H2,(H,38,42,43). The summed E-state index contributed by atoms with van der Waals surface area (Å²) >= 11 is 0. The quantitative estimate of drug-likeness (QED) is 0.205. The summed E-state index contributed by atoms with van der Waals surface area (Å²) in [4.78, 5) is 59.5. The van der Waals surface area contributed by atoms with Crippen molar-refractivity contribution in [3.05, 3.63) is 71.7 Å². The van der Waals surface area contributed by atoms with E-state index in [9.17, 15) is 28.0 Å². The third-order valence-corrected chi connectivity index (χ3v) is 8.83. The number of halogens is 2. The van der Waals surface area contributed by atoms with Gasteiger partial charge in [0.25, 0.3) is 18.2 Å². The molecule has 7 rings (SSSR count). The van der Waals surface area contributed by atoms with E-state index in [2.05, 4.69) is 25.7 Å². The molecule has 0 spiro atoms. The van der Waals surface area contributed by atoms with Crippen molar-refractivity contribution >= 4 is 40.3 Å². The predicted molar refractivity (Wildman–Crippen MR) is 158 cm³/mol. The highest BCUT2D eigenvalue weighted by molar-refractivity contribution is 6.23. The van der Waals surface area contributed by atoms with Crippen LogP contribution in [0, 0.1) is 5.92 Å². The van der Waals surface area contributed by atoms with Crippen molar-refractivity contribution in [2.75, 3.05) is 11.9 Å². The van der Waals surface area contributed by atoms with Crippen LogP contribution in [0.25, 0.3) is 22.3 Å². The van der Waals surface area contributed by atoms with Gasteiger partial charge < -0.3 is 5.32 Å². The van der Waals surface area contributed by atoms with Crippen LogP contribution in [0.2, 0.25) is 0 Å². The van der Waals surface area contributed by atoms with Crippen LogP contribution < -0.4 is 10.6 Å². The van der Waals surface area contributed by atoms with Crippen LogP contribution in [0.1, 0.15) is 77.4 Å². The second kappa shape index (κ2) is 11.5. The molecule has 230 valence electrons. The second-order valence-electron chi connectivity index (χ2n) is 11.7. The topological polar surface area (TPSA) is 139 Å².